The van der Waals surface area contributed by atoms with Crippen LogP contribution in [0.4, 0.5) is 0 Å². The van der Waals surface area contributed by atoms with Gasteiger partial charge in [0.25, 0.3) is 5.91 Å². The summed E-state index contributed by atoms with van der Waals surface area (Å²) in [4.78, 5) is 18.0. The van der Waals surface area contributed by atoms with Crippen LogP contribution >= 0.6 is 0 Å². The Morgan fingerprint density at radius 2 is 1.97 bits per heavy atom. The molecule has 3 heterocycles. The summed E-state index contributed by atoms with van der Waals surface area (Å²) in [7, 11) is 3.33. The summed E-state index contributed by atoms with van der Waals surface area (Å²) >= 11 is 0. The number of H-pyrrole nitrogens is 1. The van der Waals surface area contributed by atoms with Crippen LogP contribution in [0.1, 0.15) is 42.6 Å². The molecule has 4 rings (SSSR count). The SMILES string of the molecule is COCCN(CC1CCCN2CCCCC12)C(=O)c1cc(-c2ccc(OC)cc2)n[nH]1. The Labute approximate surface area is 184 Å². The van der Waals surface area contributed by atoms with Crippen LogP contribution in [-0.4, -0.2) is 79.0 Å². The average Bonchev–Trinajstić information content (AvgIpc) is 3.32. The predicted octanol–water partition coefficient (Wildman–Crippen LogP) is 3.44. The van der Waals surface area contributed by atoms with E-state index in [0.717, 1.165) is 23.6 Å². The van der Waals surface area contributed by atoms with Crippen molar-refractivity contribution in [3.63, 3.8) is 0 Å². The first-order valence-corrected chi connectivity index (χ1v) is 11.4. The highest BCUT2D eigenvalue weighted by Gasteiger charge is 2.35. The fourth-order valence-corrected chi connectivity index (χ4v) is 5.06. The first-order chi connectivity index (χ1) is 15.2. The van der Waals surface area contributed by atoms with Gasteiger partial charge in [-0.25, -0.2) is 0 Å². The number of nitrogens with one attached hydrogen (secondary N) is 1. The Hall–Kier alpha value is -2.38. The summed E-state index contributed by atoms with van der Waals surface area (Å²) in [6.45, 7) is 4.32. The number of nitrogens with zero attached hydrogens (tertiary/aromatic N) is 3. The Morgan fingerprint density at radius 3 is 2.74 bits per heavy atom. The third kappa shape index (κ3) is 5.10. The number of hydrogen-bond donors (Lipinski definition) is 1. The van der Waals surface area contributed by atoms with E-state index in [9.17, 15) is 4.79 Å². The number of amides is 1. The van der Waals surface area contributed by atoms with E-state index in [1.807, 2.05) is 35.2 Å². The van der Waals surface area contributed by atoms with Crippen molar-refractivity contribution in [1.82, 2.24) is 20.0 Å². The molecule has 168 valence electrons. The Morgan fingerprint density at radius 1 is 1.16 bits per heavy atom. The van der Waals surface area contributed by atoms with Gasteiger partial charge in [0.2, 0.25) is 0 Å². The average molecular weight is 427 g/mol. The molecule has 0 spiro atoms. The van der Waals surface area contributed by atoms with E-state index in [0.29, 0.717) is 30.8 Å². The van der Waals surface area contributed by atoms with Crippen LogP contribution in [0.25, 0.3) is 11.3 Å². The van der Waals surface area contributed by atoms with E-state index in [1.165, 1.54) is 45.2 Å². The second-order valence-corrected chi connectivity index (χ2v) is 8.64. The lowest BCUT2D eigenvalue weighted by Crippen LogP contribution is -2.52. The van der Waals surface area contributed by atoms with Gasteiger partial charge >= 0.3 is 0 Å². The van der Waals surface area contributed by atoms with Gasteiger partial charge in [0.05, 0.1) is 19.4 Å². The molecule has 0 bridgehead atoms. The fraction of sp³-hybridized carbons (Fsp3) is 0.583. The van der Waals surface area contributed by atoms with Gasteiger partial charge in [-0.2, -0.15) is 5.10 Å². The lowest BCUT2D eigenvalue weighted by molar-refractivity contribution is 0.0313. The number of rotatable bonds is 8. The van der Waals surface area contributed by atoms with E-state index < -0.39 is 0 Å². The number of hydrogen-bond acceptors (Lipinski definition) is 5. The molecule has 1 N–H and O–H groups in total. The molecule has 2 aliphatic heterocycles. The van der Waals surface area contributed by atoms with Crippen molar-refractivity contribution in [2.24, 2.45) is 5.92 Å². The molecule has 2 aliphatic rings. The monoisotopic (exact) mass is 426 g/mol. The van der Waals surface area contributed by atoms with Crippen molar-refractivity contribution in [2.45, 2.75) is 38.1 Å². The zero-order chi connectivity index (χ0) is 21.6. The lowest BCUT2D eigenvalue weighted by Gasteiger charge is -2.45. The van der Waals surface area contributed by atoms with Crippen LogP contribution in [0.3, 0.4) is 0 Å². The lowest BCUT2D eigenvalue weighted by atomic mass is 9.83. The molecule has 1 aromatic heterocycles. The van der Waals surface area contributed by atoms with Crippen molar-refractivity contribution < 1.29 is 14.3 Å². The minimum atomic E-state index is -0.00255. The minimum absolute atomic E-state index is 0.00255. The Balaban J connectivity index is 1.48. The van der Waals surface area contributed by atoms with Gasteiger partial charge in [-0.05, 0) is 75.0 Å². The van der Waals surface area contributed by atoms with Crippen molar-refractivity contribution in [2.75, 3.05) is 47.0 Å². The summed E-state index contributed by atoms with van der Waals surface area (Å²) < 4.78 is 10.5. The molecule has 7 nitrogen and oxygen atoms in total. The molecule has 2 atom stereocenters. The number of aromatic nitrogens is 2. The largest absolute Gasteiger partial charge is 0.497 e. The smallest absolute Gasteiger partial charge is 0.271 e. The van der Waals surface area contributed by atoms with Gasteiger partial charge in [-0.3, -0.25) is 9.89 Å². The van der Waals surface area contributed by atoms with Gasteiger partial charge in [-0.1, -0.05) is 6.42 Å². The van der Waals surface area contributed by atoms with Gasteiger partial charge in [-0.15, -0.1) is 0 Å². The molecule has 2 unspecified atom stereocenters. The van der Waals surface area contributed by atoms with Gasteiger partial charge in [0.1, 0.15) is 11.4 Å². The number of carbonyl (C=O) groups excluding carboxylic acids is 1. The van der Waals surface area contributed by atoms with Crippen LogP contribution < -0.4 is 4.74 Å². The van der Waals surface area contributed by atoms with Crippen LogP contribution in [0, 0.1) is 5.92 Å². The molecule has 0 radical (unpaired) electrons. The molecule has 1 aromatic carbocycles. The molecule has 0 saturated carbocycles. The predicted molar refractivity (Wildman–Crippen MR) is 120 cm³/mol. The second kappa shape index (κ2) is 10.3. The van der Waals surface area contributed by atoms with Gasteiger partial charge < -0.3 is 19.3 Å². The summed E-state index contributed by atoms with van der Waals surface area (Å²) in [6, 6.07) is 10.1. The van der Waals surface area contributed by atoms with E-state index in [4.69, 9.17) is 9.47 Å². The van der Waals surface area contributed by atoms with Crippen molar-refractivity contribution in [3.05, 3.63) is 36.0 Å². The number of ether oxygens (including phenoxy) is 2. The van der Waals surface area contributed by atoms with Crippen molar-refractivity contribution in [1.29, 1.82) is 0 Å². The van der Waals surface area contributed by atoms with E-state index in [1.54, 1.807) is 14.2 Å². The topological polar surface area (TPSA) is 70.7 Å². The number of methoxy groups -OCH3 is 2. The van der Waals surface area contributed by atoms with Gasteiger partial charge in [0.15, 0.2) is 0 Å². The fourth-order valence-electron chi connectivity index (χ4n) is 5.06. The maximum Gasteiger partial charge on any atom is 0.271 e. The maximum absolute atomic E-state index is 13.4. The molecular formula is C24H34N4O3. The number of aromatic amines is 1. The number of benzene rings is 1. The normalized spacial score (nSPS) is 21.5. The molecule has 2 aromatic rings. The van der Waals surface area contributed by atoms with Crippen LogP contribution in [0.5, 0.6) is 5.75 Å². The molecule has 7 heteroatoms. The Kier molecular flexibility index (Phi) is 7.25. The third-order valence-corrected chi connectivity index (χ3v) is 6.73. The van der Waals surface area contributed by atoms with E-state index >= 15 is 0 Å². The number of piperidine rings is 2. The summed E-state index contributed by atoms with van der Waals surface area (Å²) in [5, 5.41) is 7.34. The number of fused-ring (bicyclic) bond motifs is 1. The summed E-state index contributed by atoms with van der Waals surface area (Å²) in [5.41, 5.74) is 2.23. The van der Waals surface area contributed by atoms with E-state index in [2.05, 4.69) is 15.1 Å². The van der Waals surface area contributed by atoms with Crippen LogP contribution in [0.15, 0.2) is 30.3 Å². The van der Waals surface area contributed by atoms with Crippen LogP contribution in [-0.2, 0) is 4.74 Å². The molecular weight excluding hydrogens is 392 g/mol. The van der Waals surface area contributed by atoms with Crippen molar-refractivity contribution >= 4 is 5.91 Å². The van der Waals surface area contributed by atoms with Crippen LogP contribution in [0.2, 0.25) is 0 Å². The van der Waals surface area contributed by atoms with E-state index in [-0.39, 0.29) is 5.91 Å². The molecule has 0 aliphatic carbocycles. The highest BCUT2D eigenvalue weighted by Crippen LogP contribution is 2.31. The third-order valence-electron chi connectivity index (χ3n) is 6.73. The zero-order valence-electron chi connectivity index (χ0n) is 18.7. The first kappa shape index (κ1) is 21.8. The maximum atomic E-state index is 13.4. The second-order valence-electron chi connectivity index (χ2n) is 8.64. The standard InChI is InChI=1S/C24H34N4O3/c1-30-15-14-28(17-19-6-5-13-27-12-4-3-7-23(19)27)24(29)22-16-21(25-26-22)18-8-10-20(31-2)11-9-18/h8-11,16,19,23H,3-7,12-15,17H2,1-2H3,(H,25,26). The Bertz CT molecular complexity index is 849. The highest BCUT2D eigenvalue weighted by molar-refractivity contribution is 5.93. The molecule has 2 fully saturated rings. The zero-order valence-corrected chi connectivity index (χ0v) is 18.7. The quantitative estimate of drug-likeness (QED) is 0.700. The number of carbonyl (C=O) groups is 1. The molecule has 31 heavy (non-hydrogen) atoms. The summed E-state index contributed by atoms with van der Waals surface area (Å²) in [6.07, 6.45) is 6.27. The van der Waals surface area contributed by atoms with Gasteiger partial charge in [0, 0.05) is 31.8 Å². The minimum Gasteiger partial charge on any atom is -0.497 e. The first-order valence-electron chi connectivity index (χ1n) is 11.4. The van der Waals surface area contributed by atoms with Crippen molar-refractivity contribution in [3.8, 4) is 17.0 Å². The summed E-state index contributed by atoms with van der Waals surface area (Å²) in [5.74, 6) is 1.32. The molecule has 2 saturated heterocycles. The highest BCUT2D eigenvalue weighted by atomic mass is 16.5. The molecule has 1 amide bonds.